The van der Waals surface area contributed by atoms with Gasteiger partial charge in [-0.1, -0.05) is 50.2 Å². The van der Waals surface area contributed by atoms with E-state index in [4.69, 9.17) is 4.74 Å². The van der Waals surface area contributed by atoms with Crippen LogP contribution >= 0.6 is 0 Å². The maximum absolute atomic E-state index is 12.5. The molecule has 0 bridgehead atoms. The van der Waals surface area contributed by atoms with Crippen molar-refractivity contribution in [2.45, 2.75) is 65.6 Å². The number of benzene rings is 2. The lowest BCUT2D eigenvalue weighted by molar-refractivity contribution is -0.128. The maximum Gasteiger partial charge on any atom is 0.261 e. The van der Waals surface area contributed by atoms with Gasteiger partial charge in [0, 0.05) is 26.1 Å². The van der Waals surface area contributed by atoms with Crippen molar-refractivity contribution in [1.82, 2.24) is 10.2 Å². The Kier molecular flexibility index (Phi) is 7.14. The fraction of sp³-hybridized carbons (Fsp3) is 0.440. The van der Waals surface area contributed by atoms with E-state index in [1.165, 1.54) is 0 Å². The molecule has 1 unspecified atom stereocenters. The summed E-state index contributed by atoms with van der Waals surface area (Å²) < 4.78 is 5.99. The van der Waals surface area contributed by atoms with Gasteiger partial charge in [-0.2, -0.15) is 0 Å². The summed E-state index contributed by atoms with van der Waals surface area (Å²) in [5, 5.41) is 2.95. The third-order valence-corrected chi connectivity index (χ3v) is 5.50. The lowest BCUT2D eigenvalue weighted by atomic mass is 10.0. The second-order valence-electron chi connectivity index (χ2n) is 8.41. The first-order chi connectivity index (χ1) is 14.3. The van der Waals surface area contributed by atoms with Gasteiger partial charge in [0.25, 0.3) is 5.91 Å². The SMILES string of the molecule is Cc1ccc(C(C)C)c(OC(C)C(=O)NCc2ccc(CN3CCCC3=O)cc2)c1. The molecule has 0 radical (unpaired) electrons. The molecule has 160 valence electrons. The highest BCUT2D eigenvalue weighted by Gasteiger charge is 2.20. The average Bonchev–Trinajstić information content (AvgIpc) is 3.11. The third kappa shape index (κ3) is 5.62. The molecule has 2 aromatic carbocycles. The topological polar surface area (TPSA) is 58.6 Å². The molecule has 1 heterocycles. The lowest BCUT2D eigenvalue weighted by Crippen LogP contribution is -2.36. The predicted molar refractivity (Wildman–Crippen MR) is 118 cm³/mol. The van der Waals surface area contributed by atoms with Crippen molar-refractivity contribution in [2.24, 2.45) is 0 Å². The van der Waals surface area contributed by atoms with Crippen molar-refractivity contribution in [1.29, 1.82) is 0 Å². The second kappa shape index (κ2) is 9.79. The number of ether oxygens (including phenoxy) is 1. The zero-order chi connectivity index (χ0) is 21.7. The number of hydrogen-bond donors (Lipinski definition) is 1. The second-order valence-corrected chi connectivity index (χ2v) is 8.41. The number of rotatable bonds is 8. The van der Waals surface area contributed by atoms with Gasteiger partial charge < -0.3 is 15.0 Å². The fourth-order valence-electron chi connectivity index (χ4n) is 3.65. The van der Waals surface area contributed by atoms with Gasteiger partial charge in [0.1, 0.15) is 5.75 Å². The molecule has 5 heteroatoms. The van der Waals surface area contributed by atoms with Gasteiger partial charge in [0.05, 0.1) is 0 Å². The summed E-state index contributed by atoms with van der Waals surface area (Å²) in [6.45, 7) is 9.97. The van der Waals surface area contributed by atoms with Crippen molar-refractivity contribution in [3.63, 3.8) is 0 Å². The van der Waals surface area contributed by atoms with Crippen LogP contribution in [0.25, 0.3) is 0 Å². The van der Waals surface area contributed by atoms with Gasteiger partial charge >= 0.3 is 0 Å². The summed E-state index contributed by atoms with van der Waals surface area (Å²) in [4.78, 5) is 26.2. The van der Waals surface area contributed by atoms with Crippen LogP contribution in [0.3, 0.4) is 0 Å². The summed E-state index contributed by atoms with van der Waals surface area (Å²) in [6.07, 6.45) is 1.03. The van der Waals surface area contributed by atoms with E-state index in [0.29, 0.717) is 25.4 Å². The molecule has 1 atom stereocenters. The minimum Gasteiger partial charge on any atom is -0.481 e. The van der Waals surface area contributed by atoms with E-state index in [0.717, 1.165) is 41.0 Å². The van der Waals surface area contributed by atoms with Gasteiger partial charge in [0.2, 0.25) is 5.91 Å². The van der Waals surface area contributed by atoms with Crippen LogP contribution in [0.1, 0.15) is 61.8 Å². The molecule has 0 aliphatic carbocycles. The molecule has 3 rings (SSSR count). The van der Waals surface area contributed by atoms with Crippen LogP contribution in [-0.4, -0.2) is 29.4 Å². The van der Waals surface area contributed by atoms with Crippen LogP contribution < -0.4 is 10.1 Å². The molecule has 0 spiro atoms. The number of carbonyl (C=O) groups is 2. The van der Waals surface area contributed by atoms with Crippen molar-refractivity contribution < 1.29 is 14.3 Å². The van der Waals surface area contributed by atoms with Gasteiger partial charge in [-0.15, -0.1) is 0 Å². The van der Waals surface area contributed by atoms with Crippen molar-refractivity contribution >= 4 is 11.8 Å². The Balaban J connectivity index is 1.52. The fourth-order valence-corrected chi connectivity index (χ4v) is 3.65. The van der Waals surface area contributed by atoms with E-state index < -0.39 is 6.10 Å². The van der Waals surface area contributed by atoms with Gasteiger partial charge in [0.15, 0.2) is 6.10 Å². The van der Waals surface area contributed by atoms with Crippen molar-refractivity contribution in [2.75, 3.05) is 6.54 Å². The van der Waals surface area contributed by atoms with Crippen LogP contribution in [0.5, 0.6) is 5.75 Å². The Morgan fingerprint density at radius 1 is 1.10 bits per heavy atom. The molecule has 2 amide bonds. The number of nitrogens with one attached hydrogen (secondary N) is 1. The van der Waals surface area contributed by atoms with Crippen LogP contribution in [-0.2, 0) is 22.7 Å². The van der Waals surface area contributed by atoms with E-state index in [1.54, 1.807) is 6.92 Å². The van der Waals surface area contributed by atoms with Crippen LogP contribution in [0.4, 0.5) is 0 Å². The minimum atomic E-state index is -0.579. The highest BCUT2D eigenvalue weighted by molar-refractivity contribution is 5.80. The average molecular weight is 409 g/mol. The molecule has 30 heavy (non-hydrogen) atoms. The molecular formula is C25H32N2O3. The molecule has 1 saturated heterocycles. The molecule has 2 aromatic rings. The highest BCUT2D eigenvalue weighted by atomic mass is 16.5. The van der Waals surface area contributed by atoms with Crippen LogP contribution in [0.2, 0.25) is 0 Å². The van der Waals surface area contributed by atoms with Crippen LogP contribution in [0.15, 0.2) is 42.5 Å². The van der Waals surface area contributed by atoms with Gasteiger partial charge in [-0.25, -0.2) is 0 Å². The number of amides is 2. The number of nitrogens with zero attached hydrogens (tertiary/aromatic N) is 1. The number of carbonyl (C=O) groups excluding carboxylic acids is 2. The summed E-state index contributed by atoms with van der Waals surface area (Å²) in [5.41, 5.74) is 4.34. The number of aryl methyl sites for hydroxylation is 1. The zero-order valence-electron chi connectivity index (χ0n) is 18.4. The van der Waals surface area contributed by atoms with Crippen LogP contribution in [0, 0.1) is 6.92 Å². The molecule has 0 aromatic heterocycles. The van der Waals surface area contributed by atoms with E-state index in [1.807, 2.05) is 42.2 Å². The van der Waals surface area contributed by atoms with E-state index >= 15 is 0 Å². The predicted octanol–water partition coefficient (Wildman–Crippen LogP) is 4.32. The Bertz CT molecular complexity index is 890. The Labute approximate surface area is 179 Å². The van der Waals surface area contributed by atoms with E-state index in [2.05, 4.69) is 31.3 Å². The molecule has 1 aliphatic rings. The first kappa shape index (κ1) is 21.9. The Morgan fingerprint density at radius 3 is 2.43 bits per heavy atom. The van der Waals surface area contributed by atoms with Gasteiger partial charge in [-0.05, 0) is 54.5 Å². The van der Waals surface area contributed by atoms with E-state index in [9.17, 15) is 9.59 Å². The number of hydrogen-bond acceptors (Lipinski definition) is 3. The molecule has 0 saturated carbocycles. The Morgan fingerprint density at radius 2 is 1.80 bits per heavy atom. The maximum atomic E-state index is 12.5. The molecule has 5 nitrogen and oxygen atoms in total. The summed E-state index contributed by atoms with van der Waals surface area (Å²) in [7, 11) is 0. The molecular weight excluding hydrogens is 376 g/mol. The molecule has 1 fully saturated rings. The normalized spacial score (nSPS) is 14.8. The Hall–Kier alpha value is -2.82. The third-order valence-electron chi connectivity index (χ3n) is 5.50. The van der Waals surface area contributed by atoms with Gasteiger partial charge in [-0.3, -0.25) is 9.59 Å². The quantitative estimate of drug-likeness (QED) is 0.707. The molecule has 1 N–H and O–H groups in total. The summed E-state index contributed by atoms with van der Waals surface area (Å²) in [6, 6.07) is 14.2. The standard InChI is InChI=1S/C25H32N2O3/c1-17(2)22-12-7-18(3)14-23(22)30-19(4)25(29)26-15-20-8-10-21(11-9-20)16-27-13-5-6-24(27)28/h7-12,14,17,19H,5-6,13,15-16H2,1-4H3,(H,26,29). The zero-order valence-corrected chi connectivity index (χ0v) is 18.4. The largest absolute Gasteiger partial charge is 0.481 e. The first-order valence-corrected chi connectivity index (χ1v) is 10.7. The van der Waals surface area contributed by atoms with Crippen molar-refractivity contribution in [3.8, 4) is 5.75 Å². The summed E-state index contributed by atoms with van der Waals surface area (Å²) in [5.74, 6) is 1.19. The highest BCUT2D eigenvalue weighted by Crippen LogP contribution is 2.28. The van der Waals surface area contributed by atoms with E-state index in [-0.39, 0.29) is 11.8 Å². The minimum absolute atomic E-state index is 0.141. The van der Waals surface area contributed by atoms with Crippen molar-refractivity contribution in [3.05, 3.63) is 64.7 Å². The summed E-state index contributed by atoms with van der Waals surface area (Å²) >= 11 is 0. The first-order valence-electron chi connectivity index (χ1n) is 10.7. The smallest absolute Gasteiger partial charge is 0.261 e. The number of likely N-dealkylation sites (tertiary alicyclic amines) is 1. The monoisotopic (exact) mass is 408 g/mol. The lowest BCUT2D eigenvalue weighted by Gasteiger charge is -2.19. The molecule has 1 aliphatic heterocycles.